The van der Waals surface area contributed by atoms with E-state index in [0.717, 1.165) is 0 Å². The third kappa shape index (κ3) is 5.26. The standard InChI is InChI=1S/C18H25ClN2O4/c1-13(2)12-25-18(23)21-8-4-7-20(9-10-21)17(22)15-6-5-14(19)11-16(15)24-3/h5-6,11,13H,4,7-10,12H2,1-3H3. The van der Waals surface area contributed by atoms with Crippen molar-refractivity contribution in [3.8, 4) is 5.75 Å². The van der Waals surface area contributed by atoms with E-state index in [2.05, 4.69) is 0 Å². The highest BCUT2D eigenvalue weighted by atomic mass is 35.5. The first-order valence-electron chi connectivity index (χ1n) is 8.47. The van der Waals surface area contributed by atoms with Gasteiger partial charge < -0.3 is 19.3 Å². The van der Waals surface area contributed by atoms with Crippen LogP contribution in [0.4, 0.5) is 4.79 Å². The van der Waals surface area contributed by atoms with E-state index in [1.54, 1.807) is 28.0 Å². The minimum atomic E-state index is -0.313. The molecule has 0 unspecified atom stereocenters. The van der Waals surface area contributed by atoms with E-state index in [1.807, 2.05) is 13.8 Å². The summed E-state index contributed by atoms with van der Waals surface area (Å²) in [5.41, 5.74) is 0.475. The van der Waals surface area contributed by atoms with Crippen LogP contribution < -0.4 is 4.74 Å². The lowest BCUT2D eigenvalue weighted by molar-refractivity contribution is 0.0743. The summed E-state index contributed by atoms with van der Waals surface area (Å²) in [6, 6.07) is 4.97. The monoisotopic (exact) mass is 368 g/mol. The Morgan fingerprint density at radius 1 is 1.16 bits per heavy atom. The summed E-state index contributed by atoms with van der Waals surface area (Å²) in [7, 11) is 1.51. The second kappa shape index (κ2) is 8.94. The summed E-state index contributed by atoms with van der Waals surface area (Å²) in [6.07, 6.45) is 0.394. The first-order valence-corrected chi connectivity index (χ1v) is 8.84. The summed E-state index contributed by atoms with van der Waals surface area (Å²) < 4.78 is 10.5. The zero-order chi connectivity index (χ0) is 18.4. The van der Waals surface area contributed by atoms with E-state index < -0.39 is 0 Å². The van der Waals surface area contributed by atoms with E-state index in [-0.39, 0.29) is 12.0 Å². The van der Waals surface area contributed by atoms with Crippen molar-refractivity contribution in [3.05, 3.63) is 28.8 Å². The molecule has 1 aromatic carbocycles. The summed E-state index contributed by atoms with van der Waals surface area (Å²) in [4.78, 5) is 28.3. The third-order valence-electron chi connectivity index (χ3n) is 3.98. The molecular formula is C18H25ClN2O4. The number of carbonyl (C=O) groups is 2. The average molecular weight is 369 g/mol. The summed E-state index contributed by atoms with van der Waals surface area (Å²) in [6.45, 7) is 6.47. The van der Waals surface area contributed by atoms with Crippen molar-refractivity contribution in [2.75, 3.05) is 39.9 Å². The third-order valence-corrected chi connectivity index (χ3v) is 4.21. The summed E-state index contributed by atoms with van der Waals surface area (Å²) in [5.74, 6) is 0.632. The van der Waals surface area contributed by atoms with Crippen molar-refractivity contribution in [2.45, 2.75) is 20.3 Å². The highest BCUT2D eigenvalue weighted by molar-refractivity contribution is 6.30. The summed E-state index contributed by atoms with van der Waals surface area (Å²) >= 11 is 5.96. The van der Waals surface area contributed by atoms with Crippen LogP contribution in [0.15, 0.2) is 18.2 Å². The molecular weight excluding hydrogens is 344 g/mol. The maximum atomic E-state index is 12.8. The van der Waals surface area contributed by atoms with Crippen LogP contribution in [0.1, 0.15) is 30.6 Å². The van der Waals surface area contributed by atoms with Gasteiger partial charge in [0.25, 0.3) is 5.91 Å². The van der Waals surface area contributed by atoms with E-state index in [4.69, 9.17) is 21.1 Å². The molecule has 2 rings (SSSR count). The van der Waals surface area contributed by atoms with Crippen molar-refractivity contribution in [3.63, 3.8) is 0 Å². The van der Waals surface area contributed by atoms with E-state index >= 15 is 0 Å². The van der Waals surface area contributed by atoms with Gasteiger partial charge in [-0.25, -0.2) is 4.79 Å². The molecule has 1 aromatic rings. The number of hydrogen-bond donors (Lipinski definition) is 0. The molecule has 0 atom stereocenters. The Bertz CT molecular complexity index is 621. The highest BCUT2D eigenvalue weighted by Gasteiger charge is 2.25. The maximum Gasteiger partial charge on any atom is 0.409 e. The van der Waals surface area contributed by atoms with Crippen LogP contribution in [0.25, 0.3) is 0 Å². The van der Waals surface area contributed by atoms with Crippen molar-refractivity contribution >= 4 is 23.6 Å². The summed E-state index contributed by atoms with van der Waals surface area (Å²) in [5, 5.41) is 0.517. The molecule has 1 saturated heterocycles. The molecule has 138 valence electrons. The van der Waals surface area contributed by atoms with Gasteiger partial charge in [-0.15, -0.1) is 0 Å². The van der Waals surface area contributed by atoms with Gasteiger partial charge in [0.1, 0.15) is 5.75 Å². The zero-order valence-electron chi connectivity index (χ0n) is 15.0. The van der Waals surface area contributed by atoms with E-state index in [1.165, 1.54) is 7.11 Å². The van der Waals surface area contributed by atoms with Crippen LogP contribution in [0, 0.1) is 5.92 Å². The zero-order valence-corrected chi connectivity index (χ0v) is 15.7. The number of carbonyl (C=O) groups excluding carboxylic acids is 2. The number of amides is 2. The van der Waals surface area contributed by atoms with Crippen LogP contribution in [-0.2, 0) is 4.74 Å². The molecule has 0 radical (unpaired) electrons. The van der Waals surface area contributed by atoms with Gasteiger partial charge in [-0.2, -0.15) is 0 Å². The minimum Gasteiger partial charge on any atom is -0.496 e. The number of methoxy groups -OCH3 is 1. The highest BCUT2D eigenvalue weighted by Crippen LogP contribution is 2.25. The first kappa shape index (κ1) is 19.4. The Kier molecular flexibility index (Phi) is 6.93. The van der Waals surface area contributed by atoms with Gasteiger partial charge in [0.15, 0.2) is 0 Å². The lowest BCUT2D eigenvalue weighted by atomic mass is 10.1. The molecule has 0 aromatic heterocycles. The lowest BCUT2D eigenvalue weighted by Gasteiger charge is -2.23. The van der Waals surface area contributed by atoms with Crippen molar-refractivity contribution in [1.82, 2.24) is 9.80 Å². The quantitative estimate of drug-likeness (QED) is 0.818. The second-order valence-electron chi connectivity index (χ2n) is 6.45. The number of rotatable bonds is 4. The predicted molar refractivity (Wildman–Crippen MR) is 96.3 cm³/mol. The Hall–Kier alpha value is -1.95. The van der Waals surface area contributed by atoms with Gasteiger partial charge in [-0.3, -0.25) is 4.79 Å². The van der Waals surface area contributed by atoms with E-state index in [0.29, 0.717) is 61.5 Å². The molecule has 1 aliphatic rings. The van der Waals surface area contributed by atoms with Crippen LogP contribution in [0.5, 0.6) is 5.75 Å². The SMILES string of the molecule is COc1cc(Cl)ccc1C(=O)N1CCCN(C(=O)OCC(C)C)CC1. The molecule has 0 spiro atoms. The van der Waals surface area contributed by atoms with Crippen LogP contribution in [0.2, 0.25) is 5.02 Å². The molecule has 0 aliphatic carbocycles. The van der Waals surface area contributed by atoms with Gasteiger partial charge in [0, 0.05) is 31.2 Å². The lowest BCUT2D eigenvalue weighted by Crippen LogP contribution is -2.38. The fraction of sp³-hybridized carbons (Fsp3) is 0.556. The van der Waals surface area contributed by atoms with Crippen molar-refractivity contribution < 1.29 is 19.1 Å². The minimum absolute atomic E-state index is 0.120. The molecule has 0 saturated carbocycles. The van der Waals surface area contributed by atoms with Gasteiger partial charge in [0.05, 0.1) is 19.3 Å². The Balaban J connectivity index is 2.00. The van der Waals surface area contributed by atoms with Crippen molar-refractivity contribution in [2.24, 2.45) is 5.92 Å². The molecule has 7 heteroatoms. The van der Waals surface area contributed by atoms with Crippen LogP contribution in [-0.4, -0.2) is 61.7 Å². The maximum absolute atomic E-state index is 12.8. The molecule has 2 amide bonds. The van der Waals surface area contributed by atoms with Crippen LogP contribution >= 0.6 is 11.6 Å². The van der Waals surface area contributed by atoms with Crippen molar-refractivity contribution in [1.29, 1.82) is 0 Å². The number of ether oxygens (including phenoxy) is 2. The molecule has 1 fully saturated rings. The molecule has 6 nitrogen and oxygen atoms in total. The Labute approximate surface area is 153 Å². The van der Waals surface area contributed by atoms with Gasteiger partial charge >= 0.3 is 6.09 Å². The second-order valence-corrected chi connectivity index (χ2v) is 6.88. The van der Waals surface area contributed by atoms with E-state index in [9.17, 15) is 9.59 Å². The molecule has 25 heavy (non-hydrogen) atoms. The fourth-order valence-electron chi connectivity index (χ4n) is 2.64. The first-order chi connectivity index (χ1) is 11.9. The Morgan fingerprint density at radius 3 is 2.52 bits per heavy atom. The van der Waals surface area contributed by atoms with Crippen LogP contribution in [0.3, 0.4) is 0 Å². The largest absolute Gasteiger partial charge is 0.496 e. The molecule has 0 bridgehead atoms. The topological polar surface area (TPSA) is 59.1 Å². The normalized spacial score (nSPS) is 15.1. The predicted octanol–water partition coefficient (Wildman–Crippen LogP) is 3.29. The molecule has 0 N–H and O–H groups in total. The fourth-order valence-corrected chi connectivity index (χ4v) is 2.81. The van der Waals surface area contributed by atoms with Gasteiger partial charge in [-0.05, 0) is 30.5 Å². The smallest absolute Gasteiger partial charge is 0.409 e. The number of benzene rings is 1. The number of nitrogens with zero attached hydrogens (tertiary/aromatic N) is 2. The average Bonchev–Trinajstić information content (AvgIpc) is 2.85. The Morgan fingerprint density at radius 2 is 1.84 bits per heavy atom. The van der Waals surface area contributed by atoms with Gasteiger partial charge in [0.2, 0.25) is 0 Å². The molecule has 1 aliphatic heterocycles. The number of halogens is 1. The molecule has 1 heterocycles. The van der Waals surface area contributed by atoms with Gasteiger partial charge in [-0.1, -0.05) is 25.4 Å². The number of hydrogen-bond acceptors (Lipinski definition) is 4.